The second-order valence-electron chi connectivity index (χ2n) is 2.63. The molecular formula is C9H14O2. The Kier molecular flexibility index (Phi) is 3.17. The molecule has 1 fully saturated rings. The second-order valence-corrected chi connectivity index (χ2v) is 2.63. The van der Waals surface area contributed by atoms with Crippen molar-refractivity contribution in [3.63, 3.8) is 0 Å². The molecule has 1 aliphatic rings. The Balaban J connectivity index is 1.95. The molecule has 0 N–H and O–H groups in total. The van der Waals surface area contributed by atoms with E-state index in [2.05, 4.69) is 13.2 Å². The molecule has 0 saturated carbocycles. The predicted molar refractivity (Wildman–Crippen MR) is 44.3 cm³/mol. The first kappa shape index (κ1) is 8.34. The van der Waals surface area contributed by atoms with E-state index in [4.69, 9.17) is 9.47 Å². The minimum atomic E-state index is 0.329. The van der Waals surface area contributed by atoms with Crippen LogP contribution in [0.15, 0.2) is 25.0 Å². The van der Waals surface area contributed by atoms with Gasteiger partial charge < -0.3 is 9.47 Å². The van der Waals surface area contributed by atoms with E-state index >= 15 is 0 Å². The third kappa shape index (κ3) is 3.83. The molecule has 0 aromatic carbocycles. The molecule has 2 nitrogen and oxygen atoms in total. The van der Waals surface area contributed by atoms with Crippen LogP contribution in [-0.4, -0.2) is 19.3 Å². The summed E-state index contributed by atoms with van der Waals surface area (Å²) in [6, 6.07) is 0. The molecule has 0 aromatic rings. The topological polar surface area (TPSA) is 21.8 Å². The summed E-state index contributed by atoms with van der Waals surface area (Å²) in [7, 11) is 0. The third-order valence-electron chi connectivity index (χ3n) is 1.50. The van der Waals surface area contributed by atoms with Crippen molar-refractivity contribution in [2.75, 3.05) is 13.2 Å². The van der Waals surface area contributed by atoms with E-state index in [1.165, 1.54) is 0 Å². The van der Waals surface area contributed by atoms with Crippen molar-refractivity contribution >= 4 is 0 Å². The Morgan fingerprint density at radius 2 is 2.45 bits per heavy atom. The summed E-state index contributed by atoms with van der Waals surface area (Å²) in [5.41, 5.74) is 0. The van der Waals surface area contributed by atoms with E-state index in [1.807, 2.05) is 6.08 Å². The van der Waals surface area contributed by atoms with Crippen molar-refractivity contribution < 1.29 is 9.47 Å². The van der Waals surface area contributed by atoms with Crippen LogP contribution in [0.25, 0.3) is 0 Å². The highest BCUT2D eigenvalue weighted by Gasteiger charge is 2.22. The van der Waals surface area contributed by atoms with Gasteiger partial charge in [0.05, 0.1) is 12.4 Å². The molecule has 1 unspecified atom stereocenters. The van der Waals surface area contributed by atoms with Crippen molar-refractivity contribution in [3.05, 3.63) is 25.0 Å². The molecule has 0 bridgehead atoms. The Morgan fingerprint density at radius 1 is 1.73 bits per heavy atom. The van der Waals surface area contributed by atoms with Crippen LogP contribution in [-0.2, 0) is 9.47 Å². The van der Waals surface area contributed by atoms with E-state index in [0.717, 1.165) is 25.2 Å². The minimum absolute atomic E-state index is 0.329. The standard InChI is InChI=1S/C9H14O2/c1-3-4-5-8(2)10-6-9-7-11-9/h3,9H,1-2,4-7H2. The molecule has 1 saturated heterocycles. The van der Waals surface area contributed by atoms with Gasteiger partial charge >= 0.3 is 0 Å². The molecule has 62 valence electrons. The first-order chi connectivity index (χ1) is 5.33. The Morgan fingerprint density at radius 3 is 3.00 bits per heavy atom. The largest absolute Gasteiger partial charge is 0.496 e. The molecule has 0 amide bonds. The van der Waals surface area contributed by atoms with E-state index in [1.54, 1.807) is 0 Å². The molecule has 11 heavy (non-hydrogen) atoms. The number of ether oxygens (including phenoxy) is 2. The Hall–Kier alpha value is -0.760. The molecule has 0 radical (unpaired) electrons. The van der Waals surface area contributed by atoms with Gasteiger partial charge in [-0.1, -0.05) is 12.7 Å². The number of allylic oxidation sites excluding steroid dienone is 2. The molecule has 0 spiro atoms. The average molecular weight is 154 g/mol. The van der Waals surface area contributed by atoms with Gasteiger partial charge in [-0.3, -0.25) is 0 Å². The third-order valence-corrected chi connectivity index (χ3v) is 1.50. The summed E-state index contributed by atoms with van der Waals surface area (Å²) in [5, 5.41) is 0. The normalized spacial score (nSPS) is 20.9. The zero-order valence-corrected chi connectivity index (χ0v) is 6.71. The fourth-order valence-electron chi connectivity index (χ4n) is 0.710. The summed E-state index contributed by atoms with van der Waals surface area (Å²) in [6.07, 6.45) is 4.00. The SMILES string of the molecule is C=CCCC(=C)OCC1CO1. The summed E-state index contributed by atoms with van der Waals surface area (Å²) < 4.78 is 10.3. The van der Waals surface area contributed by atoms with Crippen molar-refractivity contribution in [3.8, 4) is 0 Å². The molecule has 2 heteroatoms. The Labute approximate surface area is 67.5 Å². The van der Waals surface area contributed by atoms with Gasteiger partial charge in [0.15, 0.2) is 0 Å². The van der Waals surface area contributed by atoms with E-state index < -0.39 is 0 Å². The number of rotatable bonds is 6. The van der Waals surface area contributed by atoms with Crippen LogP contribution in [0.4, 0.5) is 0 Å². The van der Waals surface area contributed by atoms with Crippen molar-refractivity contribution in [1.82, 2.24) is 0 Å². The monoisotopic (exact) mass is 154 g/mol. The number of hydrogen-bond donors (Lipinski definition) is 0. The lowest BCUT2D eigenvalue weighted by atomic mass is 10.3. The molecule has 1 rings (SSSR count). The predicted octanol–water partition coefficient (Wildman–Crippen LogP) is 1.88. The molecule has 0 aliphatic carbocycles. The molecule has 0 aromatic heterocycles. The molecule has 1 heterocycles. The van der Waals surface area contributed by atoms with Gasteiger partial charge in [0, 0.05) is 6.42 Å². The quantitative estimate of drug-likeness (QED) is 0.331. The lowest BCUT2D eigenvalue weighted by Crippen LogP contribution is -2.00. The van der Waals surface area contributed by atoms with Crippen LogP contribution < -0.4 is 0 Å². The number of epoxide rings is 1. The van der Waals surface area contributed by atoms with Crippen LogP contribution >= 0.6 is 0 Å². The lowest BCUT2D eigenvalue weighted by Gasteiger charge is -2.05. The van der Waals surface area contributed by atoms with E-state index in [9.17, 15) is 0 Å². The maximum Gasteiger partial charge on any atom is 0.116 e. The lowest BCUT2D eigenvalue weighted by molar-refractivity contribution is 0.177. The smallest absolute Gasteiger partial charge is 0.116 e. The summed E-state index contributed by atoms with van der Waals surface area (Å²) in [6.45, 7) is 8.89. The maximum absolute atomic E-state index is 5.30. The van der Waals surface area contributed by atoms with Crippen LogP contribution in [0.2, 0.25) is 0 Å². The van der Waals surface area contributed by atoms with Gasteiger partial charge in [-0.25, -0.2) is 0 Å². The van der Waals surface area contributed by atoms with Gasteiger partial charge in [-0.2, -0.15) is 0 Å². The Bertz CT molecular complexity index is 148. The van der Waals surface area contributed by atoms with Crippen LogP contribution in [0.5, 0.6) is 0 Å². The van der Waals surface area contributed by atoms with E-state index in [0.29, 0.717) is 12.7 Å². The van der Waals surface area contributed by atoms with Gasteiger partial charge in [-0.15, -0.1) is 6.58 Å². The highest BCUT2D eigenvalue weighted by atomic mass is 16.6. The zero-order chi connectivity index (χ0) is 8.10. The number of hydrogen-bond acceptors (Lipinski definition) is 2. The average Bonchev–Trinajstić information content (AvgIpc) is 2.80. The van der Waals surface area contributed by atoms with Gasteiger partial charge in [-0.05, 0) is 6.42 Å². The van der Waals surface area contributed by atoms with Gasteiger partial charge in [0.2, 0.25) is 0 Å². The fourth-order valence-corrected chi connectivity index (χ4v) is 0.710. The van der Waals surface area contributed by atoms with Gasteiger partial charge in [0.1, 0.15) is 12.7 Å². The highest BCUT2D eigenvalue weighted by Crippen LogP contribution is 2.12. The van der Waals surface area contributed by atoms with Gasteiger partial charge in [0.25, 0.3) is 0 Å². The maximum atomic E-state index is 5.30. The van der Waals surface area contributed by atoms with E-state index in [-0.39, 0.29) is 0 Å². The first-order valence-electron chi connectivity index (χ1n) is 3.86. The first-order valence-corrected chi connectivity index (χ1v) is 3.86. The van der Waals surface area contributed by atoms with Crippen molar-refractivity contribution in [1.29, 1.82) is 0 Å². The van der Waals surface area contributed by atoms with Crippen molar-refractivity contribution in [2.45, 2.75) is 18.9 Å². The van der Waals surface area contributed by atoms with Crippen LogP contribution in [0, 0.1) is 0 Å². The zero-order valence-electron chi connectivity index (χ0n) is 6.71. The molecular weight excluding hydrogens is 140 g/mol. The second kappa shape index (κ2) is 4.19. The van der Waals surface area contributed by atoms with Crippen LogP contribution in [0.3, 0.4) is 0 Å². The van der Waals surface area contributed by atoms with Crippen LogP contribution in [0.1, 0.15) is 12.8 Å². The summed E-state index contributed by atoms with van der Waals surface area (Å²) in [5.74, 6) is 0.834. The highest BCUT2D eigenvalue weighted by molar-refractivity contribution is 4.86. The summed E-state index contributed by atoms with van der Waals surface area (Å²) >= 11 is 0. The summed E-state index contributed by atoms with van der Waals surface area (Å²) in [4.78, 5) is 0. The minimum Gasteiger partial charge on any atom is -0.496 e. The molecule has 1 aliphatic heterocycles. The molecule has 1 atom stereocenters. The fraction of sp³-hybridized carbons (Fsp3) is 0.556. The van der Waals surface area contributed by atoms with Crippen molar-refractivity contribution in [2.24, 2.45) is 0 Å².